The van der Waals surface area contributed by atoms with Crippen LogP contribution < -0.4 is 10.7 Å². The zero-order valence-corrected chi connectivity index (χ0v) is 9.54. The first-order chi connectivity index (χ1) is 8.52. The van der Waals surface area contributed by atoms with Crippen molar-refractivity contribution in [2.75, 3.05) is 7.05 Å². The largest absolute Gasteiger partial charge is 0.330 e. The van der Waals surface area contributed by atoms with Gasteiger partial charge in [0.05, 0.1) is 0 Å². The highest BCUT2D eigenvalue weighted by atomic mass is 16.2. The Hall–Kier alpha value is -2.50. The second-order valence-corrected chi connectivity index (χ2v) is 3.85. The van der Waals surface area contributed by atoms with Gasteiger partial charge >= 0.3 is 6.03 Å². The van der Waals surface area contributed by atoms with Crippen molar-refractivity contribution < 1.29 is 14.4 Å². The number of urea groups is 1. The Bertz CT molecular complexity index is 597. The summed E-state index contributed by atoms with van der Waals surface area (Å²) in [5.74, 6) is -2.74. The summed E-state index contributed by atoms with van der Waals surface area (Å²) >= 11 is 0. The lowest BCUT2D eigenvalue weighted by Crippen LogP contribution is -2.55. The summed E-state index contributed by atoms with van der Waals surface area (Å²) in [5.41, 5.74) is -0.363. The molecule has 0 radical (unpaired) electrons. The average molecular weight is 246 g/mol. The standard InChI is InChI=1S/C12H10N2O4/c1-14-11(17)9(10(16)13-12(14)18)7-5-3-2-4-6-8(7)15/h2-6,9H,1H3,(H,13,16,18). The van der Waals surface area contributed by atoms with Gasteiger partial charge in [0.2, 0.25) is 11.8 Å². The molecule has 0 spiro atoms. The number of barbiturate groups is 1. The predicted octanol–water partition coefficient (Wildman–Crippen LogP) is -0.161. The van der Waals surface area contributed by atoms with Gasteiger partial charge in [-0.15, -0.1) is 0 Å². The molecule has 6 nitrogen and oxygen atoms in total. The van der Waals surface area contributed by atoms with E-state index in [2.05, 4.69) is 0 Å². The molecule has 6 heteroatoms. The van der Waals surface area contributed by atoms with Gasteiger partial charge in [-0.2, -0.15) is 0 Å². The summed E-state index contributed by atoms with van der Waals surface area (Å²) in [6.07, 6.45) is 0. The van der Waals surface area contributed by atoms with Gasteiger partial charge in [-0.05, 0) is 6.07 Å². The molecule has 92 valence electrons. The minimum absolute atomic E-state index is 0.0573. The first-order valence-corrected chi connectivity index (χ1v) is 5.24. The summed E-state index contributed by atoms with van der Waals surface area (Å²) in [5, 5.41) is 2.03. The molecule has 1 aromatic rings. The molecule has 1 heterocycles. The van der Waals surface area contributed by atoms with Crippen LogP contribution >= 0.6 is 0 Å². The minimum atomic E-state index is -1.27. The molecule has 0 bridgehead atoms. The average Bonchev–Trinajstić information content (AvgIpc) is 2.52. The second-order valence-electron chi connectivity index (χ2n) is 3.85. The van der Waals surface area contributed by atoms with Crippen LogP contribution in [0.25, 0.3) is 0 Å². The van der Waals surface area contributed by atoms with Crippen LogP contribution in [0.5, 0.6) is 0 Å². The third kappa shape index (κ3) is 1.88. The topological polar surface area (TPSA) is 83.6 Å². The molecule has 0 aliphatic carbocycles. The number of rotatable bonds is 1. The number of hydrogen-bond donors (Lipinski definition) is 1. The van der Waals surface area contributed by atoms with Crippen molar-refractivity contribution in [2.24, 2.45) is 0 Å². The molecule has 1 N–H and O–H groups in total. The zero-order valence-electron chi connectivity index (χ0n) is 9.54. The number of likely N-dealkylation sites (N-methyl/N-ethyl adjacent to an activating group) is 1. The number of carbonyl (C=O) groups is 3. The van der Waals surface area contributed by atoms with E-state index in [1.165, 1.54) is 25.2 Å². The van der Waals surface area contributed by atoms with Crippen LogP contribution in [0.4, 0.5) is 4.79 Å². The Kier molecular flexibility index (Phi) is 2.93. The van der Waals surface area contributed by atoms with E-state index < -0.39 is 29.2 Å². The molecule has 4 amide bonds. The van der Waals surface area contributed by atoms with E-state index in [-0.39, 0.29) is 5.56 Å². The molecule has 1 aromatic carbocycles. The third-order valence-electron chi connectivity index (χ3n) is 2.72. The maximum Gasteiger partial charge on any atom is 0.330 e. The Morgan fingerprint density at radius 2 is 1.72 bits per heavy atom. The van der Waals surface area contributed by atoms with E-state index in [4.69, 9.17) is 0 Å². The van der Waals surface area contributed by atoms with Gasteiger partial charge in [0.1, 0.15) is 5.92 Å². The molecule has 1 aliphatic heterocycles. The molecular formula is C12H10N2O4. The number of amides is 4. The van der Waals surface area contributed by atoms with Gasteiger partial charge in [-0.1, -0.05) is 24.3 Å². The molecule has 18 heavy (non-hydrogen) atoms. The highest BCUT2D eigenvalue weighted by Crippen LogP contribution is 2.18. The van der Waals surface area contributed by atoms with Crippen LogP contribution in [0.2, 0.25) is 0 Å². The first-order valence-electron chi connectivity index (χ1n) is 5.24. The lowest BCUT2D eigenvalue weighted by Gasteiger charge is -2.26. The van der Waals surface area contributed by atoms with Gasteiger partial charge < -0.3 is 0 Å². The quantitative estimate of drug-likeness (QED) is 0.698. The summed E-state index contributed by atoms with van der Waals surface area (Å²) < 4.78 is 0. The van der Waals surface area contributed by atoms with Crippen molar-refractivity contribution in [3.63, 3.8) is 0 Å². The highest BCUT2D eigenvalue weighted by molar-refractivity contribution is 6.19. The van der Waals surface area contributed by atoms with Crippen LogP contribution in [-0.2, 0) is 9.59 Å². The normalized spacial score (nSPS) is 19.7. The molecule has 2 rings (SSSR count). The van der Waals surface area contributed by atoms with Crippen LogP contribution in [0.15, 0.2) is 35.1 Å². The first kappa shape index (κ1) is 12.0. The number of hydrogen-bond acceptors (Lipinski definition) is 4. The lowest BCUT2D eigenvalue weighted by molar-refractivity contribution is -0.137. The van der Waals surface area contributed by atoms with Crippen LogP contribution in [-0.4, -0.2) is 29.8 Å². The lowest BCUT2D eigenvalue weighted by atomic mass is 9.96. The summed E-state index contributed by atoms with van der Waals surface area (Å²) in [4.78, 5) is 47.4. The van der Waals surface area contributed by atoms with Crippen molar-refractivity contribution in [1.29, 1.82) is 0 Å². The van der Waals surface area contributed by atoms with Crippen molar-refractivity contribution >= 4 is 17.8 Å². The Labute approximate surface area is 102 Å². The second kappa shape index (κ2) is 4.40. The monoisotopic (exact) mass is 246 g/mol. The fourth-order valence-corrected chi connectivity index (χ4v) is 1.72. The van der Waals surface area contributed by atoms with Gasteiger partial charge in [0, 0.05) is 12.6 Å². The molecule has 0 saturated carbocycles. The van der Waals surface area contributed by atoms with E-state index in [0.717, 1.165) is 4.90 Å². The molecular weight excluding hydrogens is 236 g/mol. The van der Waals surface area contributed by atoms with Crippen LogP contribution in [0.3, 0.4) is 0 Å². The Morgan fingerprint density at radius 3 is 2.44 bits per heavy atom. The van der Waals surface area contributed by atoms with Crippen LogP contribution in [0.1, 0.15) is 11.5 Å². The SMILES string of the molecule is CN1C(=O)NC(=O)C(c2cccccc2=O)C1=O. The number of carbonyl (C=O) groups excluding carboxylic acids is 3. The van der Waals surface area contributed by atoms with E-state index in [1.807, 2.05) is 5.32 Å². The fourth-order valence-electron chi connectivity index (χ4n) is 1.72. The molecule has 0 aromatic heterocycles. The molecule has 1 atom stereocenters. The maximum absolute atomic E-state index is 11.9. The van der Waals surface area contributed by atoms with Crippen molar-refractivity contribution in [2.45, 2.75) is 5.92 Å². The van der Waals surface area contributed by atoms with E-state index >= 15 is 0 Å². The molecule has 1 aliphatic rings. The fraction of sp³-hybridized carbons (Fsp3) is 0.167. The minimum Gasteiger partial charge on any atom is -0.290 e. The van der Waals surface area contributed by atoms with E-state index in [1.54, 1.807) is 12.1 Å². The zero-order chi connectivity index (χ0) is 13.3. The number of nitrogens with zero attached hydrogens (tertiary/aromatic N) is 1. The number of nitrogens with one attached hydrogen (secondary N) is 1. The van der Waals surface area contributed by atoms with Crippen molar-refractivity contribution in [3.8, 4) is 0 Å². The molecule has 1 saturated heterocycles. The Morgan fingerprint density at radius 1 is 1.06 bits per heavy atom. The van der Waals surface area contributed by atoms with E-state index in [9.17, 15) is 19.2 Å². The Balaban J connectivity index is 2.54. The van der Waals surface area contributed by atoms with Crippen molar-refractivity contribution in [3.05, 3.63) is 46.1 Å². The van der Waals surface area contributed by atoms with Crippen molar-refractivity contribution in [1.82, 2.24) is 10.2 Å². The summed E-state index contributed by atoms with van der Waals surface area (Å²) in [6, 6.07) is 6.60. The summed E-state index contributed by atoms with van der Waals surface area (Å²) in [6.45, 7) is 0. The van der Waals surface area contributed by atoms with Crippen LogP contribution in [0, 0.1) is 0 Å². The van der Waals surface area contributed by atoms with Gasteiger partial charge in [-0.25, -0.2) is 4.79 Å². The smallest absolute Gasteiger partial charge is 0.290 e. The molecule has 1 fully saturated rings. The molecule has 1 unspecified atom stereocenters. The maximum atomic E-state index is 11.9. The van der Waals surface area contributed by atoms with Gasteiger partial charge in [0.15, 0.2) is 5.43 Å². The third-order valence-corrected chi connectivity index (χ3v) is 2.72. The number of imide groups is 2. The summed E-state index contributed by atoms with van der Waals surface area (Å²) in [7, 11) is 1.25. The predicted molar refractivity (Wildman–Crippen MR) is 61.8 cm³/mol. The van der Waals surface area contributed by atoms with E-state index in [0.29, 0.717) is 0 Å². The van der Waals surface area contributed by atoms with Gasteiger partial charge in [-0.3, -0.25) is 24.6 Å². The van der Waals surface area contributed by atoms with Gasteiger partial charge in [0.25, 0.3) is 0 Å². The highest BCUT2D eigenvalue weighted by Gasteiger charge is 2.40.